The van der Waals surface area contributed by atoms with Gasteiger partial charge in [-0.3, -0.25) is 19.9 Å². The Labute approximate surface area is 204 Å². The van der Waals surface area contributed by atoms with Gasteiger partial charge in [0.15, 0.2) is 18.1 Å². The van der Waals surface area contributed by atoms with Crippen LogP contribution in [0.2, 0.25) is 0 Å². The van der Waals surface area contributed by atoms with Crippen LogP contribution in [0.1, 0.15) is 18.1 Å². The van der Waals surface area contributed by atoms with Gasteiger partial charge in [0.1, 0.15) is 0 Å². The third kappa shape index (κ3) is 7.01. The number of amides is 1. The first-order valence-corrected chi connectivity index (χ1v) is 11.2. The van der Waals surface area contributed by atoms with Crippen LogP contribution in [0, 0.1) is 20.6 Å². The van der Waals surface area contributed by atoms with Crippen molar-refractivity contribution in [1.82, 2.24) is 0 Å². The number of hydrogen-bond donors (Lipinski definition) is 1. The lowest BCUT2D eigenvalue weighted by Gasteiger charge is -2.14. The molecule has 0 atom stereocenters. The van der Waals surface area contributed by atoms with Crippen LogP contribution in [-0.4, -0.2) is 30.3 Å². The van der Waals surface area contributed by atoms with Crippen LogP contribution in [0.3, 0.4) is 0 Å². The molecule has 3 aromatic rings. The number of anilines is 1. The Bertz CT molecular complexity index is 1180. The molecule has 1 amide bonds. The largest absolute Gasteiger partial charge is 0.490 e. The Morgan fingerprint density at radius 1 is 1.15 bits per heavy atom. The van der Waals surface area contributed by atoms with E-state index in [0.717, 1.165) is 14.7 Å². The smallest absolute Gasteiger partial charge is 0.269 e. The summed E-state index contributed by atoms with van der Waals surface area (Å²) in [7, 11) is 0. The molecule has 0 saturated heterocycles. The Morgan fingerprint density at radius 2 is 1.91 bits per heavy atom. The monoisotopic (exact) mass is 559 g/mol. The van der Waals surface area contributed by atoms with Crippen molar-refractivity contribution in [2.75, 3.05) is 18.5 Å². The fourth-order valence-electron chi connectivity index (χ4n) is 2.93. The summed E-state index contributed by atoms with van der Waals surface area (Å²) in [6, 6.07) is 17.1. The van der Waals surface area contributed by atoms with Crippen molar-refractivity contribution in [2.24, 2.45) is 4.99 Å². The van der Waals surface area contributed by atoms with Gasteiger partial charge in [-0.25, -0.2) is 0 Å². The van der Waals surface area contributed by atoms with Gasteiger partial charge in [0.05, 0.1) is 20.8 Å². The van der Waals surface area contributed by atoms with E-state index in [1.165, 1.54) is 12.1 Å². The van der Waals surface area contributed by atoms with Gasteiger partial charge in [-0.15, -0.1) is 0 Å². The number of aryl methyl sites for hydroxylation is 1. The van der Waals surface area contributed by atoms with Crippen LogP contribution in [-0.2, 0) is 4.79 Å². The maximum atomic E-state index is 12.3. The normalized spacial score (nSPS) is 10.8. The molecule has 0 radical (unpaired) electrons. The highest BCUT2D eigenvalue weighted by Crippen LogP contribution is 2.34. The lowest BCUT2D eigenvalue weighted by Crippen LogP contribution is -2.20. The predicted octanol–water partition coefficient (Wildman–Crippen LogP) is 5.67. The van der Waals surface area contributed by atoms with E-state index >= 15 is 0 Å². The second-order valence-electron chi connectivity index (χ2n) is 7.00. The van der Waals surface area contributed by atoms with Gasteiger partial charge in [-0.2, -0.15) is 0 Å². The number of nitrogens with zero attached hydrogens (tertiary/aromatic N) is 2. The van der Waals surface area contributed by atoms with Gasteiger partial charge in [-0.1, -0.05) is 12.1 Å². The Balaban J connectivity index is 1.72. The fourth-order valence-corrected chi connectivity index (χ4v) is 3.71. The predicted molar refractivity (Wildman–Crippen MR) is 136 cm³/mol. The summed E-state index contributed by atoms with van der Waals surface area (Å²) in [6.45, 7) is 4.07. The van der Waals surface area contributed by atoms with E-state index in [4.69, 9.17) is 9.47 Å². The standard InChI is InChI=1S/C24H22IN3O5/c1-3-32-22-13-17(14-26-18-7-9-20(10-8-18)28(30)31)12-21(25)24(22)33-15-23(29)27-19-6-4-5-16(2)11-19/h4-14H,3,15H2,1-2H3,(H,27,29). The van der Waals surface area contributed by atoms with Crippen LogP contribution in [0.4, 0.5) is 17.1 Å². The highest BCUT2D eigenvalue weighted by Gasteiger charge is 2.14. The number of rotatable bonds is 9. The number of nitro groups is 1. The molecular weight excluding hydrogens is 537 g/mol. The van der Waals surface area contributed by atoms with Crippen LogP contribution < -0.4 is 14.8 Å². The third-order valence-corrected chi connectivity index (χ3v) is 5.21. The van der Waals surface area contributed by atoms with Gasteiger partial charge in [0, 0.05) is 24.0 Å². The number of benzene rings is 3. The first-order chi connectivity index (χ1) is 15.9. The van der Waals surface area contributed by atoms with Gasteiger partial charge in [-0.05, 0) is 84.0 Å². The highest BCUT2D eigenvalue weighted by atomic mass is 127. The van der Waals surface area contributed by atoms with Crippen molar-refractivity contribution >= 4 is 51.8 Å². The van der Waals surface area contributed by atoms with E-state index in [9.17, 15) is 14.9 Å². The van der Waals surface area contributed by atoms with Crippen molar-refractivity contribution in [3.05, 3.63) is 85.5 Å². The molecule has 0 saturated carbocycles. The summed E-state index contributed by atoms with van der Waals surface area (Å²) >= 11 is 2.12. The maximum absolute atomic E-state index is 12.3. The average Bonchev–Trinajstić information content (AvgIpc) is 2.77. The second kappa shape index (κ2) is 11.4. The molecule has 170 valence electrons. The minimum absolute atomic E-state index is 0.00932. The molecule has 33 heavy (non-hydrogen) atoms. The molecule has 3 rings (SSSR count). The van der Waals surface area contributed by atoms with E-state index in [1.54, 1.807) is 24.4 Å². The fraction of sp³-hybridized carbons (Fsp3) is 0.167. The highest BCUT2D eigenvalue weighted by molar-refractivity contribution is 14.1. The molecule has 9 heteroatoms. The molecule has 0 aromatic heterocycles. The van der Waals surface area contributed by atoms with Crippen LogP contribution in [0.25, 0.3) is 0 Å². The topological polar surface area (TPSA) is 103 Å². The summed E-state index contributed by atoms with van der Waals surface area (Å²) in [5.41, 5.74) is 3.11. The van der Waals surface area contributed by atoms with Crippen molar-refractivity contribution < 1.29 is 19.2 Å². The molecule has 0 heterocycles. The molecular formula is C24H22IN3O5. The quantitative estimate of drug-likeness (QED) is 0.157. The van der Waals surface area contributed by atoms with E-state index in [0.29, 0.717) is 29.5 Å². The summed E-state index contributed by atoms with van der Waals surface area (Å²) in [5, 5.41) is 13.6. The number of nitrogens with one attached hydrogen (secondary N) is 1. The summed E-state index contributed by atoms with van der Waals surface area (Å²) in [6.07, 6.45) is 1.64. The van der Waals surface area contributed by atoms with Crippen molar-refractivity contribution in [2.45, 2.75) is 13.8 Å². The minimum Gasteiger partial charge on any atom is -0.490 e. The van der Waals surface area contributed by atoms with Gasteiger partial charge in [0.25, 0.3) is 11.6 Å². The lowest BCUT2D eigenvalue weighted by molar-refractivity contribution is -0.384. The zero-order valence-corrected chi connectivity index (χ0v) is 20.2. The summed E-state index contributed by atoms with van der Waals surface area (Å²) in [5.74, 6) is 0.699. The molecule has 0 bridgehead atoms. The van der Waals surface area contributed by atoms with Crippen molar-refractivity contribution in [1.29, 1.82) is 0 Å². The SMILES string of the molecule is CCOc1cc(C=Nc2ccc([N+](=O)[O-])cc2)cc(I)c1OCC(=O)Nc1cccc(C)c1. The second-order valence-corrected chi connectivity index (χ2v) is 8.16. The number of halogens is 1. The van der Waals surface area contributed by atoms with Gasteiger partial charge >= 0.3 is 0 Å². The number of nitro benzene ring substituents is 1. The molecule has 0 aliphatic rings. The first kappa shape index (κ1) is 24.2. The average molecular weight is 559 g/mol. The number of carbonyl (C=O) groups excluding carboxylic acids is 1. The van der Waals surface area contributed by atoms with Crippen molar-refractivity contribution in [3.8, 4) is 11.5 Å². The number of aliphatic imine (C=N–C) groups is 1. The molecule has 3 aromatic carbocycles. The molecule has 1 N–H and O–H groups in total. The molecule has 0 aliphatic carbocycles. The maximum Gasteiger partial charge on any atom is 0.269 e. The minimum atomic E-state index is -0.454. The molecule has 0 fully saturated rings. The van der Waals surface area contributed by atoms with Crippen LogP contribution in [0.15, 0.2) is 65.7 Å². The number of hydrogen-bond acceptors (Lipinski definition) is 6. The van der Waals surface area contributed by atoms with E-state index < -0.39 is 4.92 Å². The lowest BCUT2D eigenvalue weighted by atomic mass is 10.2. The zero-order chi connectivity index (χ0) is 23.8. The third-order valence-electron chi connectivity index (χ3n) is 4.40. The van der Waals surface area contributed by atoms with Crippen LogP contribution >= 0.6 is 22.6 Å². The van der Waals surface area contributed by atoms with Gasteiger partial charge < -0.3 is 14.8 Å². The molecule has 0 aliphatic heterocycles. The number of carbonyl (C=O) groups is 1. The van der Waals surface area contributed by atoms with E-state index in [2.05, 4.69) is 32.9 Å². The van der Waals surface area contributed by atoms with Gasteiger partial charge in [0.2, 0.25) is 0 Å². The Morgan fingerprint density at radius 3 is 2.58 bits per heavy atom. The summed E-state index contributed by atoms with van der Waals surface area (Å²) < 4.78 is 12.3. The van der Waals surface area contributed by atoms with E-state index in [1.807, 2.05) is 44.2 Å². The molecule has 8 nitrogen and oxygen atoms in total. The molecule has 0 unspecified atom stereocenters. The zero-order valence-electron chi connectivity index (χ0n) is 18.1. The Hall–Kier alpha value is -3.47. The Kier molecular flexibility index (Phi) is 8.36. The number of ether oxygens (including phenoxy) is 2. The summed E-state index contributed by atoms with van der Waals surface area (Å²) in [4.78, 5) is 27.0. The number of non-ortho nitro benzene ring substituents is 1. The van der Waals surface area contributed by atoms with E-state index in [-0.39, 0.29) is 18.2 Å². The van der Waals surface area contributed by atoms with Crippen molar-refractivity contribution in [3.63, 3.8) is 0 Å². The first-order valence-electron chi connectivity index (χ1n) is 10.1. The van der Waals surface area contributed by atoms with Crippen LogP contribution in [0.5, 0.6) is 11.5 Å². The molecule has 0 spiro atoms.